The summed E-state index contributed by atoms with van der Waals surface area (Å²) >= 11 is 0. The van der Waals surface area contributed by atoms with Gasteiger partial charge in [0, 0.05) is 13.0 Å². The molecular formula is C14H24F2O4. The molecule has 0 bridgehead atoms. The van der Waals surface area contributed by atoms with Crippen molar-refractivity contribution in [1.29, 1.82) is 0 Å². The first-order valence-electron chi connectivity index (χ1n) is 7.01. The SMILES string of the molecule is CC(C)(C)OC(=O)CCC(F)(F)COC1CCCCO1. The number of carbonyl (C=O) groups is 1. The van der Waals surface area contributed by atoms with Crippen molar-refractivity contribution >= 4 is 5.97 Å². The second-order valence-corrected chi connectivity index (χ2v) is 6.05. The number of esters is 1. The van der Waals surface area contributed by atoms with E-state index in [2.05, 4.69) is 0 Å². The Hall–Kier alpha value is -0.750. The Morgan fingerprint density at radius 3 is 2.55 bits per heavy atom. The van der Waals surface area contributed by atoms with Gasteiger partial charge in [-0.25, -0.2) is 8.78 Å². The average Bonchev–Trinajstić information content (AvgIpc) is 2.34. The topological polar surface area (TPSA) is 44.8 Å². The third-order valence-corrected chi connectivity index (χ3v) is 2.73. The van der Waals surface area contributed by atoms with Crippen molar-refractivity contribution in [2.45, 2.75) is 70.7 Å². The van der Waals surface area contributed by atoms with Gasteiger partial charge in [0.25, 0.3) is 5.92 Å². The van der Waals surface area contributed by atoms with E-state index in [1.807, 2.05) is 0 Å². The maximum Gasteiger partial charge on any atom is 0.306 e. The van der Waals surface area contributed by atoms with Crippen molar-refractivity contribution in [3.8, 4) is 0 Å². The van der Waals surface area contributed by atoms with Crippen molar-refractivity contribution in [3.05, 3.63) is 0 Å². The number of hydrogen-bond donors (Lipinski definition) is 0. The number of ether oxygens (including phenoxy) is 3. The van der Waals surface area contributed by atoms with Crippen LogP contribution in [0.15, 0.2) is 0 Å². The van der Waals surface area contributed by atoms with E-state index < -0.39 is 36.8 Å². The Bertz CT molecular complexity index is 307. The van der Waals surface area contributed by atoms with Gasteiger partial charge in [0.1, 0.15) is 12.2 Å². The smallest absolute Gasteiger partial charge is 0.306 e. The number of alkyl halides is 2. The van der Waals surface area contributed by atoms with Crippen LogP contribution in [0.1, 0.15) is 52.9 Å². The quantitative estimate of drug-likeness (QED) is 0.705. The van der Waals surface area contributed by atoms with E-state index in [0.717, 1.165) is 12.8 Å². The van der Waals surface area contributed by atoms with Gasteiger partial charge in [0.2, 0.25) is 0 Å². The van der Waals surface area contributed by atoms with Crippen LogP contribution in [0.5, 0.6) is 0 Å². The fourth-order valence-corrected chi connectivity index (χ4v) is 1.81. The van der Waals surface area contributed by atoms with Crippen LogP contribution in [0.3, 0.4) is 0 Å². The Balaban J connectivity index is 2.24. The third-order valence-electron chi connectivity index (χ3n) is 2.73. The first-order valence-corrected chi connectivity index (χ1v) is 7.01. The molecular weight excluding hydrogens is 270 g/mol. The van der Waals surface area contributed by atoms with Crippen LogP contribution in [0.25, 0.3) is 0 Å². The molecule has 20 heavy (non-hydrogen) atoms. The van der Waals surface area contributed by atoms with Crippen molar-refractivity contribution in [3.63, 3.8) is 0 Å². The molecule has 0 aromatic heterocycles. The summed E-state index contributed by atoms with van der Waals surface area (Å²) in [5.41, 5.74) is -0.654. The molecule has 0 aliphatic carbocycles. The first-order chi connectivity index (χ1) is 9.18. The second-order valence-electron chi connectivity index (χ2n) is 6.05. The van der Waals surface area contributed by atoms with Crippen LogP contribution in [-0.4, -0.2) is 37.0 Å². The van der Waals surface area contributed by atoms with Gasteiger partial charge in [-0.15, -0.1) is 0 Å². The van der Waals surface area contributed by atoms with Crippen LogP contribution >= 0.6 is 0 Å². The molecule has 0 amide bonds. The molecule has 0 N–H and O–H groups in total. The maximum atomic E-state index is 13.6. The molecule has 0 saturated carbocycles. The lowest BCUT2D eigenvalue weighted by Gasteiger charge is -2.25. The van der Waals surface area contributed by atoms with Crippen molar-refractivity contribution in [2.24, 2.45) is 0 Å². The zero-order valence-corrected chi connectivity index (χ0v) is 12.4. The molecule has 0 spiro atoms. The van der Waals surface area contributed by atoms with E-state index in [9.17, 15) is 13.6 Å². The van der Waals surface area contributed by atoms with Crippen LogP contribution < -0.4 is 0 Å². The Kier molecular flexibility index (Phi) is 6.33. The van der Waals surface area contributed by atoms with Gasteiger partial charge in [-0.3, -0.25) is 4.79 Å². The normalized spacial score (nSPS) is 20.8. The molecule has 0 aromatic carbocycles. The molecule has 1 saturated heterocycles. The fourth-order valence-electron chi connectivity index (χ4n) is 1.81. The summed E-state index contributed by atoms with van der Waals surface area (Å²) in [5.74, 6) is -3.66. The lowest BCUT2D eigenvalue weighted by Crippen LogP contribution is -2.32. The molecule has 4 nitrogen and oxygen atoms in total. The van der Waals surface area contributed by atoms with Gasteiger partial charge in [0.15, 0.2) is 6.29 Å². The highest BCUT2D eigenvalue weighted by Crippen LogP contribution is 2.24. The van der Waals surface area contributed by atoms with Crippen molar-refractivity contribution in [1.82, 2.24) is 0 Å². The maximum absolute atomic E-state index is 13.6. The molecule has 1 rings (SSSR count). The van der Waals surface area contributed by atoms with E-state index in [4.69, 9.17) is 14.2 Å². The average molecular weight is 294 g/mol. The Morgan fingerprint density at radius 2 is 2.00 bits per heavy atom. The largest absolute Gasteiger partial charge is 0.460 e. The van der Waals surface area contributed by atoms with Crippen LogP contribution in [0.4, 0.5) is 8.78 Å². The lowest BCUT2D eigenvalue weighted by molar-refractivity contribution is -0.202. The molecule has 6 heteroatoms. The van der Waals surface area contributed by atoms with E-state index in [0.29, 0.717) is 13.0 Å². The predicted molar refractivity (Wildman–Crippen MR) is 69.6 cm³/mol. The lowest BCUT2D eigenvalue weighted by atomic mass is 10.1. The number of carbonyl (C=O) groups excluding carboxylic acids is 1. The molecule has 1 fully saturated rings. The molecule has 0 aromatic rings. The predicted octanol–water partition coefficient (Wildman–Crippen LogP) is 3.29. The highest BCUT2D eigenvalue weighted by Gasteiger charge is 2.32. The number of halogens is 2. The Morgan fingerprint density at radius 1 is 1.30 bits per heavy atom. The minimum Gasteiger partial charge on any atom is -0.460 e. The Labute approximate surface area is 118 Å². The van der Waals surface area contributed by atoms with Crippen LogP contribution in [-0.2, 0) is 19.0 Å². The third kappa shape index (κ3) is 7.75. The van der Waals surface area contributed by atoms with E-state index >= 15 is 0 Å². The van der Waals surface area contributed by atoms with E-state index in [1.165, 1.54) is 0 Å². The second kappa shape index (κ2) is 7.31. The summed E-state index contributed by atoms with van der Waals surface area (Å²) in [6, 6.07) is 0. The number of hydrogen-bond acceptors (Lipinski definition) is 4. The first kappa shape index (κ1) is 17.3. The molecule has 1 atom stereocenters. The minimum absolute atomic E-state index is 0.320. The summed E-state index contributed by atoms with van der Waals surface area (Å²) in [6.45, 7) is 4.93. The highest BCUT2D eigenvalue weighted by molar-refractivity contribution is 5.69. The fraction of sp³-hybridized carbons (Fsp3) is 0.929. The van der Waals surface area contributed by atoms with Crippen LogP contribution in [0.2, 0.25) is 0 Å². The summed E-state index contributed by atoms with van der Waals surface area (Å²) in [5, 5.41) is 0. The van der Waals surface area contributed by atoms with Crippen molar-refractivity contribution < 1.29 is 27.8 Å². The molecule has 0 radical (unpaired) electrons. The van der Waals surface area contributed by atoms with Gasteiger partial charge in [0.05, 0.1) is 6.42 Å². The van der Waals surface area contributed by atoms with Gasteiger partial charge >= 0.3 is 5.97 Å². The number of rotatable bonds is 6. The van der Waals surface area contributed by atoms with Gasteiger partial charge in [-0.2, -0.15) is 0 Å². The van der Waals surface area contributed by atoms with Crippen molar-refractivity contribution in [2.75, 3.05) is 13.2 Å². The summed E-state index contributed by atoms with van der Waals surface area (Å²) in [6.07, 6.45) is 1.06. The molecule has 1 aliphatic heterocycles. The van der Waals surface area contributed by atoms with Gasteiger partial charge < -0.3 is 14.2 Å². The monoisotopic (exact) mass is 294 g/mol. The highest BCUT2D eigenvalue weighted by atomic mass is 19.3. The standard InChI is InChI=1S/C14H24F2O4/c1-13(2,3)20-11(17)7-8-14(15,16)10-19-12-6-4-5-9-18-12/h12H,4-10H2,1-3H3. The molecule has 1 aliphatic rings. The summed E-state index contributed by atoms with van der Waals surface area (Å²) in [7, 11) is 0. The minimum atomic E-state index is -3.04. The van der Waals surface area contributed by atoms with E-state index in [-0.39, 0.29) is 6.42 Å². The molecule has 1 unspecified atom stereocenters. The van der Waals surface area contributed by atoms with Gasteiger partial charge in [-0.05, 0) is 40.0 Å². The van der Waals surface area contributed by atoms with Gasteiger partial charge in [-0.1, -0.05) is 0 Å². The summed E-state index contributed by atoms with van der Waals surface area (Å²) < 4.78 is 42.4. The molecule has 1 heterocycles. The van der Waals surface area contributed by atoms with Crippen LogP contribution in [0, 0.1) is 0 Å². The zero-order chi connectivity index (χ0) is 15.2. The molecule has 118 valence electrons. The summed E-state index contributed by atoms with van der Waals surface area (Å²) in [4.78, 5) is 11.4. The zero-order valence-electron chi connectivity index (χ0n) is 12.4. The van der Waals surface area contributed by atoms with E-state index in [1.54, 1.807) is 20.8 Å².